The Morgan fingerprint density at radius 2 is 1.64 bits per heavy atom. The van der Waals surface area contributed by atoms with Gasteiger partial charge < -0.3 is 20.1 Å². The SMILES string of the molecule is COc1ccc(CCNC(=O)C(C)(C)C(=O)NCC(C)C)cc1OC. The van der Waals surface area contributed by atoms with E-state index in [2.05, 4.69) is 10.6 Å². The lowest BCUT2D eigenvalue weighted by Crippen LogP contribution is -2.48. The molecule has 25 heavy (non-hydrogen) atoms. The highest BCUT2D eigenvalue weighted by atomic mass is 16.5. The molecule has 6 nitrogen and oxygen atoms in total. The molecule has 0 unspecified atom stereocenters. The molecule has 0 atom stereocenters. The van der Waals surface area contributed by atoms with Gasteiger partial charge in [-0.1, -0.05) is 19.9 Å². The molecule has 2 N–H and O–H groups in total. The maximum atomic E-state index is 12.3. The first-order chi connectivity index (χ1) is 11.7. The third-order valence-electron chi connectivity index (χ3n) is 3.95. The molecule has 0 bridgehead atoms. The standard InChI is InChI=1S/C19H30N2O4/c1-13(2)12-21-18(23)19(3,4)17(22)20-10-9-14-7-8-15(24-5)16(11-14)25-6/h7-8,11,13H,9-10,12H2,1-6H3,(H,20,22)(H,21,23). The van der Waals surface area contributed by atoms with Crippen LogP contribution < -0.4 is 20.1 Å². The average Bonchev–Trinajstić information content (AvgIpc) is 2.58. The first-order valence-electron chi connectivity index (χ1n) is 8.49. The van der Waals surface area contributed by atoms with Crippen molar-refractivity contribution in [3.8, 4) is 11.5 Å². The summed E-state index contributed by atoms with van der Waals surface area (Å²) in [5.74, 6) is 1.12. The topological polar surface area (TPSA) is 76.7 Å². The first kappa shape index (κ1) is 20.8. The minimum absolute atomic E-state index is 0.259. The largest absolute Gasteiger partial charge is 0.493 e. The molecule has 0 aliphatic rings. The van der Waals surface area contributed by atoms with Crippen LogP contribution in [0.3, 0.4) is 0 Å². The Hall–Kier alpha value is -2.24. The molecule has 6 heteroatoms. The molecule has 0 saturated carbocycles. The molecular weight excluding hydrogens is 320 g/mol. The van der Waals surface area contributed by atoms with Crippen LogP contribution in [0.4, 0.5) is 0 Å². The fourth-order valence-corrected chi connectivity index (χ4v) is 2.20. The Bertz CT molecular complexity index is 597. The summed E-state index contributed by atoms with van der Waals surface area (Å²) in [7, 11) is 3.17. The molecule has 0 spiro atoms. The van der Waals surface area contributed by atoms with Gasteiger partial charge in [-0.3, -0.25) is 9.59 Å². The molecule has 0 heterocycles. The normalized spacial score (nSPS) is 11.2. The lowest BCUT2D eigenvalue weighted by molar-refractivity contribution is -0.141. The van der Waals surface area contributed by atoms with Crippen LogP contribution in [0.2, 0.25) is 0 Å². The third kappa shape index (κ3) is 5.96. The van der Waals surface area contributed by atoms with Gasteiger partial charge >= 0.3 is 0 Å². The van der Waals surface area contributed by atoms with Gasteiger partial charge in [-0.2, -0.15) is 0 Å². The highest BCUT2D eigenvalue weighted by molar-refractivity contribution is 6.04. The van der Waals surface area contributed by atoms with E-state index in [1.54, 1.807) is 28.1 Å². The predicted octanol–water partition coefficient (Wildman–Crippen LogP) is 2.16. The Kier molecular flexibility index (Phi) is 7.74. The average molecular weight is 350 g/mol. The number of nitrogens with one attached hydrogen (secondary N) is 2. The van der Waals surface area contributed by atoms with Gasteiger partial charge in [0.1, 0.15) is 5.41 Å². The van der Waals surface area contributed by atoms with Crippen molar-refractivity contribution in [2.24, 2.45) is 11.3 Å². The number of carbonyl (C=O) groups is 2. The van der Waals surface area contributed by atoms with Gasteiger partial charge in [0.05, 0.1) is 14.2 Å². The van der Waals surface area contributed by atoms with E-state index >= 15 is 0 Å². The van der Waals surface area contributed by atoms with Gasteiger partial charge in [0.2, 0.25) is 11.8 Å². The second-order valence-electron chi connectivity index (χ2n) is 6.92. The number of carbonyl (C=O) groups excluding carboxylic acids is 2. The summed E-state index contributed by atoms with van der Waals surface area (Å²) < 4.78 is 10.5. The maximum Gasteiger partial charge on any atom is 0.235 e. The minimum Gasteiger partial charge on any atom is -0.493 e. The zero-order valence-electron chi connectivity index (χ0n) is 16.1. The molecule has 0 fully saturated rings. The second-order valence-corrected chi connectivity index (χ2v) is 6.92. The van der Waals surface area contributed by atoms with Gasteiger partial charge in [-0.15, -0.1) is 0 Å². The molecule has 0 aliphatic carbocycles. The molecular formula is C19H30N2O4. The van der Waals surface area contributed by atoms with Crippen molar-refractivity contribution in [2.45, 2.75) is 34.1 Å². The molecule has 140 valence electrons. The lowest BCUT2D eigenvalue weighted by atomic mass is 9.90. The van der Waals surface area contributed by atoms with E-state index in [4.69, 9.17) is 9.47 Å². The van der Waals surface area contributed by atoms with Crippen molar-refractivity contribution in [1.82, 2.24) is 10.6 Å². The summed E-state index contributed by atoms with van der Waals surface area (Å²) >= 11 is 0. The maximum absolute atomic E-state index is 12.3. The van der Waals surface area contributed by atoms with Crippen molar-refractivity contribution in [1.29, 1.82) is 0 Å². The summed E-state index contributed by atoms with van der Waals surface area (Å²) in [5, 5.41) is 5.64. The predicted molar refractivity (Wildman–Crippen MR) is 97.9 cm³/mol. The zero-order valence-corrected chi connectivity index (χ0v) is 16.1. The number of amides is 2. The molecule has 0 aromatic heterocycles. The molecule has 1 aromatic carbocycles. The molecule has 1 rings (SSSR count). The number of methoxy groups -OCH3 is 2. The van der Waals surface area contributed by atoms with Gasteiger partial charge in [0.25, 0.3) is 0 Å². The summed E-state index contributed by atoms with van der Waals surface area (Å²) in [6.07, 6.45) is 0.635. The molecule has 1 aromatic rings. The Morgan fingerprint density at radius 1 is 1.04 bits per heavy atom. The van der Waals surface area contributed by atoms with Crippen molar-refractivity contribution < 1.29 is 19.1 Å². The van der Waals surface area contributed by atoms with E-state index in [1.165, 1.54) is 0 Å². The summed E-state index contributed by atoms with van der Waals surface area (Å²) in [4.78, 5) is 24.5. The molecule has 0 radical (unpaired) electrons. The van der Waals surface area contributed by atoms with Crippen LogP contribution in [0.5, 0.6) is 11.5 Å². The number of ether oxygens (including phenoxy) is 2. The van der Waals surface area contributed by atoms with E-state index in [1.807, 2.05) is 32.0 Å². The van der Waals surface area contributed by atoms with Gasteiger partial charge in [0, 0.05) is 13.1 Å². The van der Waals surface area contributed by atoms with Crippen molar-refractivity contribution in [3.63, 3.8) is 0 Å². The Labute approximate surface area is 150 Å². The lowest BCUT2D eigenvalue weighted by Gasteiger charge is -2.23. The van der Waals surface area contributed by atoms with Crippen LogP contribution >= 0.6 is 0 Å². The minimum atomic E-state index is -1.10. The molecule has 0 aliphatic heterocycles. The Balaban J connectivity index is 2.57. The fourth-order valence-electron chi connectivity index (χ4n) is 2.20. The van der Waals surface area contributed by atoms with Gasteiger partial charge in [0.15, 0.2) is 11.5 Å². The van der Waals surface area contributed by atoms with E-state index in [0.29, 0.717) is 36.9 Å². The highest BCUT2D eigenvalue weighted by Crippen LogP contribution is 2.27. The van der Waals surface area contributed by atoms with Crippen molar-refractivity contribution in [2.75, 3.05) is 27.3 Å². The molecule has 2 amide bonds. The zero-order chi connectivity index (χ0) is 19.0. The smallest absolute Gasteiger partial charge is 0.235 e. The summed E-state index contributed by atoms with van der Waals surface area (Å²) in [6, 6.07) is 5.64. The van der Waals surface area contributed by atoms with E-state index in [0.717, 1.165) is 5.56 Å². The van der Waals surface area contributed by atoms with E-state index < -0.39 is 5.41 Å². The number of benzene rings is 1. The summed E-state index contributed by atoms with van der Waals surface area (Å²) in [6.45, 7) is 8.28. The first-order valence-corrected chi connectivity index (χ1v) is 8.49. The van der Waals surface area contributed by atoms with Crippen LogP contribution in [-0.4, -0.2) is 39.1 Å². The van der Waals surface area contributed by atoms with Crippen LogP contribution in [0.25, 0.3) is 0 Å². The van der Waals surface area contributed by atoms with Crippen LogP contribution in [0.1, 0.15) is 33.3 Å². The van der Waals surface area contributed by atoms with Gasteiger partial charge in [-0.25, -0.2) is 0 Å². The van der Waals surface area contributed by atoms with E-state index in [9.17, 15) is 9.59 Å². The number of rotatable bonds is 9. The second kappa shape index (κ2) is 9.30. The van der Waals surface area contributed by atoms with Crippen molar-refractivity contribution in [3.05, 3.63) is 23.8 Å². The van der Waals surface area contributed by atoms with Crippen molar-refractivity contribution >= 4 is 11.8 Å². The van der Waals surface area contributed by atoms with Crippen LogP contribution in [0.15, 0.2) is 18.2 Å². The van der Waals surface area contributed by atoms with E-state index in [-0.39, 0.29) is 11.8 Å². The van der Waals surface area contributed by atoms with Crippen LogP contribution in [0, 0.1) is 11.3 Å². The quantitative estimate of drug-likeness (QED) is 0.669. The molecule has 0 saturated heterocycles. The Morgan fingerprint density at radius 3 is 2.20 bits per heavy atom. The third-order valence-corrected chi connectivity index (χ3v) is 3.95. The number of hydrogen-bond acceptors (Lipinski definition) is 4. The van der Waals surface area contributed by atoms with Crippen LogP contribution in [-0.2, 0) is 16.0 Å². The highest BCUT2D eigenvalue weighted by Gasteiger charge is 2.35. The number of hydrogen-bond donors (Lipinski definition) is 2. The summed E-state index contributed by atoms with van der Waals surface area (Å²) in [5.41, 5.74) is -0.0908. The monoisotopic (exact) mass is 350 g/mol. The fraction of sp³-hybridized carbons (Fsp3) is 0.579. The van der Waals surface area contributed by atoms with Gasteiger partial charge in [-0.05, 0) is 43.9 Å².